The smallest absolute Gasteiger partial charge is 0.191 e. The first kappa shape index (κ1) is 24.9. The van der Waals surface area contributed by atoms with Crippen LogP contribution in [-0.2, 0) is 16.3 Å². The fourth-order valence-electron chi connectivity index (χ4n) is 3.40. The summed E-state index contributed by atoms with van der Waals surface area (Å²) in [6.45, 7) is 3.15. The summed E-state index contributed by atoms with van der Waals surface area (Å²) in [7, 11) is -2.95. The van der Waals surface area contributed by atoms with E-state index >= 15 is 0 Å². The number of aryl methyl sites for hydroxylation is 1. The molecule has 1 atom stereocenters. The maximum absolute atomic E-state index is 11.6. The van der Waals surface area contributed by atoms with Gasteiger partial charge in [-0.05, 0) is 38.3 Å². The Balaban J connectivity index is 0.00000341. The molecule has 2 heterocycles. The number of halogens is 1. The lowest BCUT2D eigenvalue weighted by Crippen LogP contribution is -2.44. The second-order valence-electron chi connectivity index (χ2n) is 7.17. The molecule has 0 aliphatic carbocycles. The van der Waals surface area contributed by atoms with Crippen LogP contribution < -0.4 is 16.4 Å². The molecule has 0 saturated carbocycles. The lowest BCUT2D eigenvalue weighted by atomic mass is 10.1. The van der Waals surface area contributed by atoms with Gasteiger partial charge in [0.25, 0.3) is 0 Å². The van der Waals surface area contributed by atoms with E-state index in [1.54, 1.807) is 4.68 Å². The van der Waals surface area contributed by atoms with Crippen LogP contribution in [0, 0.1) is 11.3 Å². The Labute approximate surface area is 200 Å². The standard InChI is InChI=1S/C20H27N7O2S.HI/c1-2-23-20(25-15-10-12-30(28,29)14-15)24-11-6-9-18-17(13-21)19(22)27(26-18)16-7-4-3-5-8-16;/h3-5,7-8,15H,2,6,9-12,14,22H2,1H3,(H2,23,24,25);1H. The highest BCUT2D eigenvalue weighted by Gasteiger charge is 2.28. The minimum absolute atomic E-state index is 0. The number of para-hydroxylation sites is 1. The van der Waals surface area contributed by atoms with E-state index in [2.05, 4.69) is 26.8 Å². The van der Waals surface area contributed by atoms with Crippen molar-refractivity contribution in [3.63, 3.8) is 0 Å². The van der Waals surface area contributed by atoms with E-state index in [0.717, 1.165) is 5.69 Å². The number of rotatable bonds is 7. The molecule has 31 heavy (non-hydrogen) atoms. The van der Waals surface area contributed by atoms with E-state index in [1.165, 1.54) is 0 Å². The molecule has 4 N–H and O–H groups in total. The maximum Gasteiger partial charge on any atom is 0.191 e. The van der Waals surface area contributed by atoms with E-state index < -0.39 is 9.84 Å². The second-order valence-corrected chi connectivity index (χ2v) is 9.40. The highest BCUT2D eigenvalue weighted by molar-refractivity contribution is 14.0. The van der Waals surface area contributed by atoms with Crippen LogP contribution in [0.5, 0.6) is 0 Å². The summed E-state index contributed by atoms with van der Waals surface area (Å²) in [5.41, 5.74) is 7.98. The van der Waals surface area contributed by atoms with Crippen molar-refractivity contribution >= 4 is 45.6 Å². The zero-order valence-corrected chi connectivity index (χ0v) is 20.6. The summed E-state index contributed by atoms with van der Waals surface area (Å²) in [6.07, 6.45) is 1.83. The Kier molecular flexibility index (Phi) is 9.12. The van der Waals surface area contributed by atoms with Crippen LogP contribution in [0.3, 0.4) is 0 Å². The van der Waals surface area contributed by atoms with Crippen molar-refractivity contribution in [1.82, 2.24) is 20.4 Å². The first-order valence-electron chi connectivity index (χ1n) is 10.0. The highest BCUT2D eigenvalue weighted by atomic mass is 127. The summed E-state index contributed by atoms with van der Waals surface area (Å²) < 4.78 is 24.9. The number of aliphatic imine (C=N–C) groups is 1. The Hall–Kier alpha value is -2.33. The average Bonchev–Trinajstić information content (AvgIpc) is 3.24. The SMILES string of the molecule is CCNC(=NCCCc1nn(-c2ccccc2)c(N)c1C#N)NC1CCS(=O)(=O)C1.I. The molecule has 2 aromatic rings. The Bertz CT molecular complexity index is 1050. The van der Waals surface area contributed by atoms with Crippen LogP contribution in [0.1, 0.15) is 31.0 Å². The summed E-state index contributed by atoms with van der Waals surface area (Å²) in [5.74, 6) is 1.29. The van der Waals surface area contributed by atoms with Crippen LogP contribution in [-0.4, -0.2) is 54.8 Å². The van der Waals surface area contributed by atoms with Gasteiger partial charge < -0.3 is 16.4 Å². The van der Waals surface area contributed by atoms with Gasteiger partial charge in [-0.15, -0.1) is 24.0 Å². The van der Waals surface area contributed by atoms with Gasteiger partial charge in [-0.2, -0.15) is 10.4 Å². The monoisotopic (exact) mass is 557 g/mol. The largest absolute Gasteiger partial charge is 0.382 e. The summed E-state index contributed by atoms with van der Waals surface area (Å²) >= 11 is 0. The van der Waals surface area contributed by atoms with Crippen LogP contribution in [0.2, 0.25) is 0 Å². The van der Waals surface area contributed by atoms with E-state index in [0.29, 0.717) is 55.4 Å². The maximum atomic E-state index is 11.6. The number of nitrogen functional groups attached to an aromatic ring is 1. The minimum Gasteiger partial charge on any atom is -0.382 e. The molecule has 1 aromatic heterocycles. The lowest BCUT2D eigenvalue weighted by molar-refractivity contribution is 0.599. The first-order valence-corrected chi connectivity index (χ1v) is 11.8. The molecule has 1 aromatic carbocycles. The fourth-order valence-corrected chi connectivity index (χ4v) is 5.07. The van der Waals surface area contributed by atoms with Gasteiger partial charge in [-0.3, -0.25) is 4.99 Å². The van der Waals surface area contributed by atoms with Crippen LogP contribution in [0.15, 0.2) is 35.3 Å². The third-order valence-electron chi connectivity index (χ3n) is 4.87. The lowest BCUT2D eigenvalue weighted by Gasteiger charge is -2.15. The predicted molar refractivity (Wildman–Crippen MR) is 133 cm³/mol. The molecule has 0 amide bonds. The van der Waals surface area contributed by atoms with Crippen molar-refractivity contribution in [3.05, 3.63) is 41.6 Å². The van der Waals surface area contributed by atoms with Gasteiger partial charge in [0.15, 0.2) is 15.8 Å². The number of guanidine groups is 1. The van der Waals surface area contributed by atoms with E-state index in [9.17, 15) is 13.7 Å². The number of nitrogens with one attached hydrogen (secondary N) is 2. The van der Waals surface area contributed by atoms with Crippen molar-refractivity contribution in [2.45, 2.75) is 32.2 Å². The molecular formula is C20H28IN7O2S. The molecule has 1 aliphatic rings. The van der Waals surface area contributed by atoms with Gasteiger partial charge in [-0.25, -0.2) is 13.1 Å². The van der Waals surface area contributed by atoms with Crippen molar-refractivity contribution in [2.24, 2.45) is 4.99 Å². The average molecular weight is 557 g/mol. The third kappa shape index (κ3) is 6.57. The highest BCUT2D eigenvalue weighted by Crippen LogP contribution is 2.21. The van der Waals surface area contributed by atoms with Crippen molar-refractivity contribution < 1.29 is 8.42 Å². The Morgan fingerprint density at radius 1 is 1.39 bits per heavy atom. The fraction of sp³-hybridized carbons (Fsp3) is 0.450. The molecular weight excluding hydrogens is 529 g/mol. The zero-order valence-electron chi connectivity index (χ0n) is 17.4. The second kappa shape index (κ2) is 11.3. The van der Waals surface area contributed by atoms with E-state index in [4.69, 9.17) is 5.73 Å². The molecule has 1 aliphatic heterocycles. The number of hydrogen-bond donors (Lipinski definition) is 3. The van der Waals surface area contributed by atoms with Gasteiger partial charge in [-0.1, -0.05) is 18.2 Å². The van der Waals surface area contributed by atoms with Gasteiger partial charge in [0, 0.05) is 19.1 Å². The number of aromatic nitrogens is 2. The molecule has 11 heteroatoms. The Morgan fingerprint density at radius 2 is 2.13 bits per heavy atom. The zero-order chi connectivity index (χ0) is 21.6. The van der Waals surface area contributed by atoms with Crippen LogP contribution in [0.25, 0.3) is 5.69 Å². The number of hydrogen-bond acceptors (Lipinski definition) is 6. The molecule has 1 saturated heterocycles. The molecule has 3 rings (SSSR count). The molecule has 1 fully saturated rings. The van der Waals surface area contributed by atoms with Crippen molar-refractivity contribution in [1.29, 1.82) is 5.26 Å². The topological polar surface area (TPSA) is 138 Å². The first-order chi connectivity index (χ1) is 14.4. The van der Waals surface area contributed by atoms with Crippen LogP contribution in [0.4, 0.5) is 5.82 Å². The predicted octanol–water partition coefficient (Wildman–Crippen LogP) is 1.62. The number of anilines is 1. The minimum atomic E-state index is -2.95. The normalized spacial score (nSPS) is 17.5. The van der Waals surface area contributed by atoms with E-state index in [1.807, 2.05) is 37.3 Å². The Morgan fingerprint density at radius 3 is 2.74 bits per heavy atom. The molecule has 9 nitrogen and oxygen atoms in total. The summed E-state index contributed by atoms with van der Waals surface area (Å²) in [4.78, 5) is 4.53. The van der Waals surface area contributed by atoms with Gasteiger partial charge in [0.1, 0.15) is 17.5 Å². The number of nitrogens with zero attached hydrogens (tertiary/aromatic N) is 4. The number of nitriles is 1. The summed E-state index contributed by atoms with van der Waals surface area (Å²) in [6, 6.07) is 11.5. The number of benzene rings is 1. The van der Waals surface area contributed by atoms with Crippen molar-refractivity contribution in [3.8, 4) is 11.8 Å². The van der Waals surface area contributed by atoms with Gasteiger partial charge in [0.2, 0.25) is 0 Å². The van der Waals surface area contributed by atoms with Gasteiger partial charge >= 0.3 is 0 Å². The third-order valence-corrected chi connectivity index (χ3v) is 6.63. The van der Waals surface area contributed by atoms with Gasteiger partial charge in [0.05, 0.1) is 22.9 Å². The summed E-state index contributed by atoms with van der Waals surface area (Å²) in [5, 5.41) is 20.4. The molecule has 168 valence electrons. The van der Waals surface area contributed by atoms with Crippen molar-refractivity contribution in [2.75, 3.05) is 30.3 Å². The molecule has 1 unspecified atom stereocenters. The van der Waals surface area contributed by atoms with E-state index in [-0.39, 0.29) is 41.5 Å². The molecule has 0 radical (unpaired) electrons. The number of nitrogens with two attached hydrogens (primary N) is 1. The quantitative estimate of drug-likeness (QED) is 0.204. The molecule has 0 bridgehead atoms. The molecule has 0 spiro atoms. The van der Waals surface area contributed by atoms with Crippen LogP contribution >= 0.6 is 24.0 Å². The number of sulfone groups is 1.